The number of nitrogens with one attached hydrogen (secondary N) is 1. The van der Waals surface area contributed by atoms with Gasteiger partial charge in [-0.2, -0.15) is 5.26 Å². The number of amidine groups is 1. The summed E-state index contributed by atoms with van der Waals surface area (Å²) in [6, 6.07) is 8.71. The van der Waals surface area contributed by atoms with Gasteiger partial charge in [0, 0.05) is 24.2 Å². The maximum absolute atomic E-state index is 12.6. The first-order valence-electron chi connectivity index (χ1n) is 7.81. The van der Waals surface area contributed by atoms with Gasteiger partial charge in [0.25, 0.3) is 5.91 Å². The number of amides is 1. The van der Waals surface area contributed by atoms with Gasteiger partial charge in [0.2, 0.25) is 0 Å². The molecule has 0 heterocycles. The molecule has 138 valence electrons. The van der Waals surface area contributed by atoms with Crippen LogP contribution >= 0.6 is 23.2 Å². The van der Waals surface area contributed by atoms with Crippen LogP contribution in [0.4, 0.5) is 0 Å². The minimum Gasteiger partial charge on any atom is -0.403 e. The highest BCUT2D eigenvalue weighted by Crippen LogP contribution is 2.13. The van der Waals surface area contributed by atoms with Crippen molar-refractivity contribution < 1.29 is 4.79 Å². The summed E-state index contributed by atoms with van der Waals surface area (Å²) in [6.45, 7) is 7.84. The van der Waals surface area contributed by atoms with E-state index in [0.29, 0.717) is 18.0 Å². The van der Waals surface area contributed by atoms with Gasteiger partial charge in [0.05, 0.1) is 0 Å². The molecule has 0 spiro atoms. The molecule has 1 aromatic rings. The Morgan fingerprint density at radius 1 is 1.46 bits per heavy atom. The Bertz CT molecular complexity index is 748. The lowest BCUT2D eigenvalue weighted by molar-refractivity contribution is 0.0862. The van der Waals surface area contributed by atoms with E-state index in [4.69, 9.17) is 34.2 Å². The van der Waals surface area contributed by atoms with Crippen LogP contribution in [0.2, 0.25) is 0 Å². The molecule has 1 amide bonds. The second-order valence-corrected chi connectivity index (χ2v) is 6.46. The molecule has 0 radical (unpaired) electrons. The van der Waals surface area contributed by atoms with Gasteiger partial charge < -0.3 is 5.73 Å². The molecule has 26 heavy (non-hydrogen) atoms. The Morgan fingerprint density at radius 2 is 2.08 bits per heavy atom. The highest BCUT2D eigenvalue weighted by atomic mass is 35.5. The Labute approximate surface area is 163 Å². The number of nitrogens with zero attached hydrogens (tertiary/aromatic N) is 3. The van der Waals surface area contributed by atoms with Crippen LogP contribution in [-0.2, 0) is 5.88 Å². The summed E-state index contributed by atoms with van der Waals surface area (Å²) in [5.41, 5.74) is 9.53. The van der Waals surface area contributed by atoms with Crippen LogP contribution < -0.4 is 11.2 Å². The summed E-state index contributed by atoms with van der Waals surface area (Å²) < 4.78 is 0. The van der Waals surface area contributed by atoms with Gasteiger partial charge in [0.15, 0.2) is 5.84 Å². The third-order valence-corrected chi connectivity index (χ3v) is 3.74. The fourth-order valence-electron chi connectivity index (χ4n) is 1.95. The molecular formula is C18H21Cl2N5O. The summed E-state index contributed by atoms with van der Waals surface area (Å²) in [5, 5.41) is 10.5. The van der Waals surface area contributed by atoms with Gasteiger partial charge in [-0.05, 0) is 23.6 Å². The van der Waals surface area contributed by atoms with E-state index >= 15 is 0 Å². The molecule has 1 aromatic carbocycles. The molecule has 0 aliphatic rings. The van der Waals surface area contributed by atoms with Gasteiger partial charge in [-0.25, -0.2) is 4.99 Å². The summed E-state index contributed by atoms with van der Waals surface area (Å²) >= 11 is 11.9. The predicted octanol–water partition coefficient (Wildman–Crippen LogP) is 3.50. The number of aliphatic imine (C=N–C) groups is 1. The average molecular weight is 394 g/mol. The van der Waals surface area contributed by atoms with Crippen LogP contribution in [-0.4, -0.2) is 23.3 Å². The number of carbonyl (C=O) groups is 1. The van der Waals surface area contributed by atoms with Crippen molar-refractivity contribution >= 4 is 34.9 Å². The van der Waals surface area contributed by atoms with Crippen LogP contribution in [0.1, 0.15) is 29.8 Å². The monoisotopic (exact) mass is 393 g/mol. The van der Waals surface area contributed by atoms with Crippen molar-refractivity contribution in [1.82, 2.24) is 10.4 Å². The summed E-state index contributed by atoms with van der Waals surface area (Å²) in [4.78, 5) is 16.7. The number of alkyl halides is 1. The van der Waals surface area contributed by atoms with Crippen molar-refractivity contribution in [3.8, 4) is 6.07 Å². The molecule has 0 atom stereocenters. The molecule has 0 aliphatic carbocycles. The standard InChI is InChI=1S/C18H21Cl2N5O/c1-12(2)11-25(17(16(20)10-22)23-13(3)9-21)24-18(26)15-6-4-14(8-19)5-7-15/h4-7,10,12H,3,8,11,22H2,1-2H3,(H,24,26)/b16-10+,23-17+. The molecule has 0 fully saturated rings. The molecule has 1 rings (SSSR count). The Kier molecular flexibility index (Phi) is 8.70. The van der Waals surface area contributed by atoms with E-state index < -0.39 is 0 Å². The van der Waals surface area contributed by atoms with Gasteiger partial charge in [-0.15, -0.1) is 11.6 Å². The minimum atomic E-state index is -0.358. The minimum absolute atomic E-state index is 0.0607. The number of hydrogen-bond acceptors (Lipinski definition) is 4. The van der Waals surface area contributed by atoms with Crippen LogP contribution in [0.3, 0.4) is 0 Å². The summed E-state index contributed by atoms with van der Waals surface area (Å²) in [6.07, 6.45) is 1.14. The normalized spacial score (nSPS) is 11.8. The van der Waals surface area contributed by atoms with Crippen molar-refractivity contribution in [3.63, 3.8) is 0 Å². The lowest BCUT2D eigenvalue weighted by atomic mass is 10.1. The largest absolute Gasteiger partial charge is 0.403 e. The van der Waals surface area contributed by atoms with Crippen molar-refractivity contribution in [2.24, 2.45) is 16.6 Å². The number of halogens is 2. The molecular weight excluding hydrogens is 373 g/mol. The maximum atomic E-state index is 12.6. The first kappa shape index (κ1) is 21.6. The Morgan fingerprint density at radius 3 is 2.54 bits per heavy atom. The van der Waals surface area contributed by atoms with Crippen molar-refractivity contribution in [3.05, 3.63) is 58.9 Å². The van der Waals surface area contributed by atoms with E-state index in [9.17, 15) is 4.79 Å². The lowest BCUT2D eigenvalue weighted by Gasteiger charge is -2.28. The molecule has 6 nitrogen and oxygen atoms in total. The first-order chi connectivity index (χ1) is 12.3. The zero-order valence-corrected chi connectivity index (χ0v) is 16.2. The van der Waals surface area contributed by atoms with Crippen LogP contribution in [0.15, 0.2) is 52.8 Å². The molecule has 8 heteroatoms. The zero-order valence-electron chi connectivity index (χ0n) is 14.7. The second-order valence-electron chi connectivity index (χ2n) is 5.78. The van der Waals surface area contributed by atoms with Crippen LogP contribution in [0.25, 0.3) is 0 Å². The maximum Gasteiger partial charge on any atom is 0.269 e. The number of rotatable bonds is 6. The topological polar surface area (TPSA) is 94.5 Å². The smallest absolute Gasteiger partial charge is 0.269 e. The molecule has 0 saturated heterocycles. The number of benzene rings is 1. The Hall–Kier alpha value is -2.49. The third kappa shape index (κ3) is 6.43. The van der Waals surface area contributed by atoms with Crippen molar-refractivity contribution in [1.29, 1.82) is 5.26 Å². The number of nitrogens with two attached hydrogens (primary N) is 1. The van der Waals surface area contributed by atoms with E-state index in [2.05, 4.69) is 17.0 Å². The van der Waals surface area contributed by atoms with Gasteiger partial charge >= 0.3 is 0 Å². The van der Waals surface area contributed by atoms with Gasteiger partial charge in [-0.3, -0.25) is 15.2 Å². The average Bonchev–Trinajstić information content (AvgIpc) is 2.64. The number of hydrazine groups is 1. The van der Waals surface area contributed by atoms with Crippen LogP contribution in [0.5, 0.6) is 0 Å². The SMILES string of the molecule is C=C(C#N)/N=C(\C(Cl)=C/N)N(CC(C)C)NC(=O)c1ccc(CCl)cc1. The van der Waals surface area contributed by atoms with Crippen molar-refractivity contribution in [2.45, 2.75) is 19.7 Å². The number of hydrogen-bond donors (Lipinski definition) is 2. The van der Waals surface area contributed by atoms with E-state index in [1.54, 1.807) is 24.3 Å². The lowest BCUT2D eigenvalue weighted by Crippen LogP contribution is -2.48. The number of allylic oxidation sites excluding steroid dienone is 1. The second kappa shape index (κ2) is 10.5. The van der Waals surface area contributed by atoms with Crippen molar-refractivity contribution in [2.75, 3.05) is 6.54 Å². The third-order valence-electron chi connectivity index (χ3n) is 3.14. The van der Waals surface area contributed by atoms with Gasteiger partial charge in [0.1, 0.15) is 16.8 Å². The van der Waals surface area contributed by atoms with E-state index in [0.717, 1.165) is 11.8 Å². The zero-order chi connectivity index (χ0) is 19.7. The van der Waals surface area contributed by atoms with Crippen LogP contribution in [0, 0.1) is 17.2 Å². The first-order valence-corrected chi connectivity index (χ1v) is 8.72. The quantitative estimate of drug-likeness (QED) is 0.254. The fourth-order valence-corrected chi connectivity index (χ4v) is 2.28. The highest BCUT2D eigenvalue weighted by Gasteiger charge is 2.20. The fraction of sp³-hybridized carbons (Fsp3) is 0.278. The molecule has 3 N–H and O–H groups in total. The molecule has 0 aliphatic heterocycles. The highest BCUT2D eigenvalue weighted by molar-refractivity contribution is 6.43. The molecule has 0 bridgehead atoms. The summed E-state index contributed by atoms with van der Waals surface area (Å²) in [5.74, 6) is 0.311. The number of carbonyl (C=O) groups excluding carboxylic acids is 1. The molecule has 0 saturated carbocycles. The number of nitriles is 1. The van der Waals surface area contributed by atoms with E-state index in [1.165, 1.54) is 5.01 Å². The van der Waals surface area contributed by atoms with Gasteiger partial charge in [-0.1, -0.05) is 44.2 Å². The Balaban J connectivity index is 3.17. The molecule has 0 aromatic heterocycles. The predicted molar refractivity (Wildman–Crippen MR) is 105 cm³/mol. The van der Waals surface area contributed by atoms with E-state index in [-0.39, 0.29) is 28.4 Å². The molecule has 0 unspecified atom stereocenters. The van der Waals surface area contributed by atoms with E-state index in [1.807, 2.05) is 19.9 Å². The summed E-state index contributed by atoms with van der Waals surface area (Å²) in [7, 11) is 0.